The smallest absolute Gasteiger partial charge is 0.264 e. The molecular weight excluding hydrogens is 653 g/mol. The summed E-state index contributed by atoms with van der Waals surface area (Å²) < 4.78 is 29.5. The Balaban J connectivity index is 1.57. The number of anilines is 1. The largest absolute Gasteiger partial charge is 0.352 e. The molecule has 1 fully saturated rings. The lowest BCUT2D eigenvalue weighted by Gasteiger charge is -2.35. The molecule has 246 valence electrons. The minimum absolute atomic E-state index is 0.0131. The molecule has 1 N–H and O–H groups in total. The van der Waals surface area contributed by atoms with Crippen LogP contribution in [0.1, 0.15) is 48.8 Å². The van der Waals surface area contributed by atoms with Crippen LogP contribution in [0.4, 0.5) is 5.69 Å². The molecule has 0 heterocycles. The topological polar surface area (TPSA) is 86.8 Å². The summed E-state index contributed by atoms with van der Waals surface area (Å²) in [5, 5.41) is 3.88. The summed E-state index contributed by atoms with van der Waals surface area (Å²) in [6.45, 7) is 1.32. The Bertz CT molecular complexity index is 1780. The molecule has 0 bridgehead atoms. The predicted octanol–water partition coefficient (Wildman–Crippen LogP) is 7.59. The van der Waals surface area contributed by atoms with Crippen molar-refractivity contribution in [3.8, 4) is 0 Å². The number of aryl methyl sites for hydroxylation is 1. The van der Waals surface area contributed by atoms with E-state index in [1.54, 1.807) is 54.6 Å². The number of nitrogens with one attached hydrogen (secondary N) is 1. The van der Waals surface area contributed by atoms with Gasteiger partial charge in [0.05, 0.1) is 15.6 Å². The first kappa shape index (κ1) is 34.5. The SMILES string of the molecule is Cc1ccc(S(=O)(=O)N(CC(=O)N(Cc2cccc(Cl)c2)[C@H](Cc2ccccc2)C(=O)NC2CCCCC2)c2ccccc2Cl)cc1. The van der Waals surface area contributed by atoms with Crippen molar-refractivity contribution < 1.29 is 18.0 Å². The summed E-state index contributed by atoms with van der Waals surface area (Å²) >= 11 is 12.9. The molecular formula is C37H39Cl2N3O4S. The standard InChI is InChI=1S/C37H39Cl2N3O4S/c1-27-19-21-32(22-20-27)47(45,46)42(34-18-9-8-17-33(34)39)26-36(43)41(25-29-13-10-14-30(38)23-29)35(24-28-11-4-2-5-12-28)37(44)40-31-15-6-3-7-16-31/h2,4-5,8-14,17-23,31,35H,3,6-7,15-16,24-26H2,1H3,(H,40,44)/t35-/m1/s1. The fraction of sp³-hybridized carbons (Fsp3) is 0.297. The van der Waals surface area contributed by atoms with Crippen molar-refractivity contribution in [2.75, 3.05) is 10.8 Å². The molecule has 2 amide bonds. The number of carbonyl (C=O) groups excluding carboxylic acids is 2. The molecule has 0 aromatic heterocycles. The van der Waals surface area contributed by atoms with Crippen molar-refractivity contribution in [3.05, 3.63) is 130 Å². The van der Waals surface area contributed by atoms with Crippen molar-refractivity contribution in [3.63, 3.8) is 0 Å². The Labute approximate surface area is 287 Å². The van der Waals surface area contributed by atoms with Crippen molar-refractivity contribution in [2.24, 2.45) is 0 Å². The molecule has 7 nitrogen and oxygen atoms in total. The first-order valence-corrected chi connectivity index (χ1v) is 18.0. The number of carbonyl (C=O) groups is 2. The Kier molecular flexibility index (Phi) is 11.6. The Morgan fingerprint density at radius 1 is 0.830 bits per heavy atom. The molecule has 4 aromatic carbocycles. The highest BCUT2D eigenvalue weighted by Gasteiger charge is 2.36. The molecule has 1 aliphatic rings. The first-order chi connectivity index (χ1) is 22.6. The zero-order valence-corrected chi connectivity index (χ0v) is 28.6. The fourth-order valence-corrected chi connectivity index (χ4v) is 7.87. The molecule has 0 aliphatic heterocycles. The lowest BCUT2D eigenvalue weighted by atomic mass is 9.94. The monoisotopic (exact) mass is 691 g/mol. The second-order valence-corrected chi connectivity index (χ2v) is 14.7. The number of halogens is 2. The average Bonchev–Trinajstić information content (AvgIpc) is 3.06. The molecule has 4 aromatic rings. The van der Waals surface area contributed by atoms with E-state index < -0.39 is 28.5 Å². The van der Waals surface area contributed by atoms with Crippen molar-refractivity contribution in [1.29, 1.82) is 0 Å². The van der Waals surface area contributed by atoms with Crippen LogP contribution >= 0.6 is 23.2 Å². The highest BCUT2D eigenvalue weighted by atomic mass is 35.5. The van der Waals surface area contributed by atoms with Gasteiger partial charge in [-0.25, -0.2) is 8.42 Å². The van der Waals surface area contributed by atoms with E-state index in [9.17, 15) is 18.0 Å². The number of sulfonamides is 1. The summed E-state index contributed by atoms with van der Waals surface area (Å²) in [7, 11) is -4.25. The van der Waals surface area contributed by atoms with Gasteiger partial charge in [0.15, 0.2) is 0 Å². The molecule has 1 saturated carbocycles. The molecule has 5 rings (SSSR count). The van der Waals surface area contributed by atoms with E-state index in [-0.39, 0.29) is 40.5 Å². The van der Waals surface area contributed by atoms with E-state index in [2.05, 4.69) is 5.32 Å². The Hall–Kier alpha value is -3.85. The number of hydrogen-bond donors (Lipinski definition) is 1. The maximum atomic E-state index is 14.7. The van der Waals surface area contributed by atoms with Crippen LogP contribution in [-0.2, 0) is 32.6 Å². The van der Waals surface area contributed by atoms with Crippen LogP contribution in [0, 0.1) is 6.92 Å². The van der Waals surface area contributed by atoms with Gasteiger partial charge >= 0.3 is 0 Å². The normalized spacial score (nSPS) is 14.3. The van der Waals surface area contributed by atoms with Gasteiger partial charge < -0.3 is 10.2 Å². The van der Waals surface area contributed by atoms with Crippen LogP contribution in [-0.4, -0.2) is 43.8 Å². The van der Waals surface area contributed by atoms with Crippen molar-refractivity contribution in [2.45, 2.75) is 69.0 Å². The molecule has 0 unspecified atom stereocenters. The van der Waals surface area contributed by atoms with Gasteiger partial charge in [-0.1, -0.05) is 115 Å². The number of benzene rings is 4. The number of para-hydroxylation sites is 1. The number of hydrogen-bond acceptors (Lipinski definition) is 4. The van der Waals surface area contributed by atoms with Crippen LogP contribution < -0.4 is 9.62 Å². The third-order valence-electron chi connectivity index (χ3n) is 8.47. The molecule has 1 aliphatic carbocycles. The number of rotatable bonds is 12. The van der Waals surface area contributed by atoms with Gasteiger partial charge in [-0.2, -0.15) is 0 Å². The minimum Gasteiger partial charge on any atom is -0.352 e. The second-order valence-electron chi connectivity index (χ2n) is 12.0. The van der Waals surface area contributed by atoms with Gasteiger partial charge in [0, 0.05) is 24.0 Å². The third-order valence-corrected chi connectivity index (χ3v) is 10.8. The van der Waals surface area contributed by atoms with E-state index >= 15 is 0 Å². The highest BCUT2D eigenvalue weighted by Crippen LogP contribution is 2.31. The summed E-state index contributed by atoms with van der Waals surface area (Å²) in [6, 6.07) is 28.6. The molecule has 0 saturated heterocycles. The zero-order chi connectivity index (χ0) is 33.4. The molecule has 47 heavy (non-hydrogen) atoms. The van der Waals surface area contributed by atoms with Crippen LogP contribution in [0.25, 0.3) is 0 Å². The van der Waals surface area contributed by atoms with Crippen molar-refractivity contribution in [1.82, 2.24) is 10.2 Å². The van der Waals surface area contributed by atoms with Crippen LogP contribution in [0.3, 0.4) is 0 Å². The number of amides is 2. The first-order valence-electron chi connectivity index (χ1n) is 15.8. The predicted molar refractivity (Wildman–Crippen MR) is 188 cm³/mol. The lowest BCUT2D eigenvalue weighted by molar-refractivity contribution is -0.140. The molecule has 0 spiro atoms. The highest BCUT2D eigenvalue weighted by molar-refractivity contribution is 7.92. The van der Waals surface area contributed by atoms with E-state index in [0.717, 1.165) is 47.5 Å². The second kappa shape index (κ2) is 15.8. The van der Waals surface area contributed by atoms with Crippen LogP contribution in [0.15, 0.2) is 108 Å². The fourth-order valence-electron chi connectivity index (χ4n) is 5.94. The quantitative estimate of drug-likeness (QED) is 0.166. The summed E-state index contributed by atoms with van der Waals surface area (Å²) in [5.74, 6) is -0.831. The molecule has 0 radical (unpaired) electrons. The molecule has 10 heteroatoms. The summed E-state index contributed by atoms with van der Waals surface area (Å²) in [5.41, 5.74) is 2.64. The maximum absolute atomic E-state index is 14.7. The van der Waals surface area contributed by atoms with Gasteiger partial charge in [-0.05, 0) is 67.3 Å². The Morgan fingerprint density at radius 2 is 1.49 bits per heavy atom. The van der Waals surface area contributed by atoms with E-state index in [1.165, 1.54) is 17.0 Å². The van der Waals surface area contributed by atoms with Crippen LogP contribution in [0.2, 0.25) is 10.0 Å². The van der Waals surface area contributed by atoms with Gasteiger partial charge in [0.2, 0.25) is 11.8 Å². The lowest BCUT2D eigenvalue weighted by Crippen LogP contribution is -2.55. The van der Waals surface area contributed by atoms with Gasteiger partial charge in [-0.3, -0.25) is 13.9 Å². The average molecular weight is 693 g/mol. The van der Waals surface area contributed by atoms with E-state index in [4.69, 9.17) is 23.2 Å². The van der Waals surface area contributed by atoms with Gasteiger partial charge in [0.25, 0.3) is 10.0 Å². The van der Waals surface area contributed by atoms with Crippen molar-refractivity contribution >= 4 is 50.7 Å². The summed E-state index contributed by atoms with van der Waals surface area (Å²) in [4.78, 5) is 30.3. The van der Waals surface area contributed by atoms with E-state index in [1.807, 2.05) is 43.3 Å². The third kappa shape index (κ3) is 8.95. The number of nitrogens with zero attached hydrogens (tertiary/aromatic N) is 2. The Morgan fingerprint density at radius 3 is 2.17 bits per heavy atom. The summed E-state index contributed by atoms with van der Waals surface area (Å²) in [6.07, 6.45) is 5.18. The zero-order valence-electron chi connectivity index (χ0n) is 26.3. The van der Waals surface area contributed by atoms with E-state index in [0.29, 0.717) is 10.6 Å². The van der Waals surface area contributed by atoms with Gasteiger partial charge in [-0.15, -0.1) is 0 Å². The maximum Gasteiger partial charge on any atom is 0.264 e. The van der Waals surface area contributed by atoms with Crippen LogP contribution in [0.5, 0.6) is 0 Å². The van der Waals surface area contributed by atoms with Gasteiger partial charge in [0.1, 0.15) is 12.6 Å². The minimum atomic E-state index is -4.25. The molecule has 1 atom stereocenters.